The first kappa shape index (κ1) is 17.2. The van der Waals surface area contributed by atoms with E-state index >= 15 is 0 Å². The van der Waals surface area contributed by atoms with E-state index in [0.29, 0.717) is 12.1 Å². The third-order valence-electron chi connectivity index (χ3n) is 3.85. The average Bonchev–Trinajstić information content (AvgIpc) is 2.54. The maximum Gasteiger partial charge on any atom is 0.238 e. The summed E-state index contributed by atoms with van der Waals surface area (Å²) < 4.78 is 22.9. The van der Waals surface area contributed by atoms with Crippen molar-refractivity contribution < 1.29 is 8.42 Å². The van der Waals surface area contributed by atoms with Gasteiger partial charge in [0.1, 0.15) is 0 Å². The number of primary sulfonamides is 1. The zero-order valence-corrected chi connectivity index (χ0v) is 13.9. The summed E-state index contributed by atoms with van der Waals surface area (Å²) in [4.78, 5) is 2.22. The molecule has 2 aromatic rings. The Morgan fingerprint density at radius 3 is 2.43 bits per heavy atom. The molecule has 0 aliphatic carbocycles. The van der Waals surface area contributed by atoms with Crippen molar-refractivity contribution in [2.45, 2.75) is 24.4 Å². The highest BCUT2D eigenvalue weighted by Gasteiger charge is 2.15. The fourth-order valence-corrected chi connectivity index (χ4v) is 2.88. The number of hydrogen-bond acceptors (Lipinski definition) is 4. The normalized spacial score (nSPS) is 12.8. The molecule has 2 N–H and O–H groups in total. The number of hydrogen-bond donors (Lipinski definition) is 1. The molecule has 0 bridgehead atoms. The molecule has 1 atom stereocenters. The molecule has 0 spiro atoms. The van der Waals surface area contributed by atoms with Crippen molar-refractivity contribution in [2.75, 3.05) is 7.05 Å². The number of nitriles is 1. The van der Waals surface area contributed by atoms with Crippen LogP contribution in [0.15, 0.2) is 53.4 Å². The first-order chi connectivity index (χ1) is 10.8. The first-order valence-electron chi connectivity index (χ1n) is 7.13. The smallest absolute Gasteiger partial charge is 0.238 e. The summed E-state index contributed by atoms with van der Waals surface area (Å²) in [5.74, 6) is 0. The van der Waals surface area contributed by atoms with E-state index < -0.39 is 10.0 Å². The summed E-state index contributed by atoms with van der Waals surface area (Å²) in [6.07, 6.45) is 0. The molecule has 0 aliphatic rings. The van der Waals surface area contributed by atoms with Gasteiger partial charge in [0.2, 0.25) is 10.0 Å². The average molecular weight is 329 g/mol. The van der Waals surface area contributed by atoms with Crippen molar-refractivity contribution in [1.29, 1.82) is 5.26 Å². The predicted octanol–water partition coefficient (Wildman–Crippen LogP) is 2.40. The molecule has 2 aromatic carbocycles. The van der Waals surface area contributed by atoms with Crippen LogP contribution in [0, 0.1) is 11.3 Å². The molecule has 0 aliphatic heterocycles. The monoisotopic (exact) mass is 329 g/mol. The van der Waals surface area contributed by atoms with Gasteiger partial charge in [-0.2, -0.15) is 5.26 Å². The largest absolute Gasteiger partial charge is 0.295 e. The highest BCUT2D eigenvalue weighted by molar-refractivity contribution is 7.89. The Morgan fingerprint density at radius 2 is 1.87 bits per heavy atom. The summed E-state index contributed by atoms with van der Waals surface area (Å²) in [5.41, 5.74) is 2.60. The van der Waals surface area contributed by atoms with Crippen LogP contribution >= 0.6 is 0 Å². The Morgan fingerprint density at radius 1 is 1.22 bits per heavy atom. The second-order valence-corrected chi connectivity index (χ2v) is 7.08. The quantitative estimate of drug-likeness (QED) is 0.912. The third-order valence-corrected chi connectivity index (χ3v) is 4.76. The molecule has 0 aromatic heterocycles. The maximum atomic E-state index is 11.5. The van der Waals surface area contributed by atoms with Crippen LogP contribution in [0.1, 0.15) is 29.7 Å². The summed E-state index contributed by atoms with van der Waals surface area (Å²) in [6.45, 7) is 2.69. The van der Waals surface area contributed by atoms with Gasteiger partial charge >= 0.3 is 0 Å². The lowest BCUT2D eigenvalue weighted by Gasteiger charge is -2.25. The minimum absolute atomic E-state index is 0.0207. The molecular weight excluding hydrogens is 310 g/mol. The van der Waals surface area contributed by atoms with Crippen LogP contribution in [-0.2, 0) is 16.6 Å². The van der Waals surface area contributed by atoms with Gasteiger partial charge in [-0.1, -0.05) is 24.3 Å². The lowest BCUT2D eigenvalue weighted by atomic mass is 10.1. The van der Waals surface area contributed by atoms with Crippen molar-refractivity contribution in [2.24, 2.45) is 5.14 Å². The van der Waals surface area contributed by atoms with E-state index in [9.17, 15) is 8.42 Å². The molecule has 5 nitrogen and oxygen atoms in total. The van der Waals surface area contributed by atoms with E-state index in [-0.39, 0.29) is 10.9 Å². The predicted molar refractivity (Wildman–Crippen MR) is 88.9 cm³/mol. The minimum Gasteiger partial charge on any atom is -0.295 e. The number of sulfonamides is 1. The molecular formula is C17H19N3O2S. The van der Waals surface area contributed by atoms with E-state index in [0.717, 1.165) is 11.1 Å². The number of nitrogens with two attached hydrogens (primary N) is 1. The Kier molecular flexibility index (Phi) is 5.16. The van der Waals surface area contributed by atoms with Crippen LogP contribution < -0.4 is 5.14 Å². The van der Waals surface area contributed by atoms with Crippen LogP contribution in [0.25, 0.3) is 0 Å². The SMILES string of the molecule is C[C@H](c1cccc(S(N)(=O)=O)c1)N(C)Cc1ccc(C#N)cc1. The van der Waals surface area contributed by atoms with Crippen LogP contribution in [0.4, 0.5) is 0 Å². The third kappa shape index (κ3) is 4.39. The minimum atomic E-state index is -3.70. The molecule has 0 unspecified atom stereocenters. The topological polar surface area (TPSA) is 87.2 Å². The number of benzene rings is 2. The van der Waals surface area contributed by atoms with Gasteiger partial charge in [-0.15, -0.1) is 0 Å². The van der Waals surface area contributed by atoms with E-state index in [1.807, 2.05) is 32.2 Å². The van der Waals surface area contributed by atoms with Gasteiger partial charge in [-0.05, 0) is 49.4 Å². The van der Waals surface area contributed by atoms with Crippen LogP contribution in [0.5, 0.6) is 0 Å². The zero-order chi connectivity index (χ0) is 17.0. The maximum absolute atomic E-state index is 11.5. The molecule has 23 heavy (non-hydrogen) atoms. The lowest BCUT2D eigenvalue weighted by molar-refractivity contribution is 0.253. The number of nitrogens with zero attached hydrogens (tertiary/aromatic N) is 2. The highest BCUT2D eigenvalue weighted by Crippen LogP contribution is 2.23. The van der Waals surface area contributed by atoms with Crippen molar-refractivity contribution in [3.05, 3.63) is 65.2 Å². The summed E-state index contributed by atoms with van der Waals surface area (Å²) in [5, 5.41) is 14.0. The summed E-state index contributed by atoms with van der Waals surface area (Å²) >= 11 is 0. The van der Waals surface area contributed by atoms with Gasteiger partial charge in [0, 0.05) is 12.6 Å². The molecule has 6 heteroatoms. The molecule has 0 fully saturated rings. The van der Waals surface area contributed by atoms with E-state index in [4.69, 9.17) is 10.4 Å². The molecule has 0 saturated heterocycles. The van der Waals surface area contributed by atoms with Crippen molar-refractivity contribution in [3.8, 4) is 6.07 Å². The van der Waals surface area contributed by atoms with E-state index in [2.05, 4.69) is 11.0 Å². The molecule has 0 radical (unpaired) electrons. The Hall–Kier alpha value is -2.20. The van der Waals surface area contributed by atoms with Crippen LogP contribution in [0.3, 0.4) is 0 Å². The van der Waals surface area contributed by atoms with Crippen molar-refractivity contribution in [3.63, 3.8) is 0 Å². The fraction of sp³-hybridized carbons (Fsp3) is 0.235. The fourth-order valence-electron chi connectivity index (χ4n) is 2.32. The standard InChI is InChI=1S/C17H19N3O2S/c1-13(16-4-3-5-17(10-16)23(19,21)22)20(2)12-15-8-6-14(11-18)7-9-15/h3-10,13H,12H2,1-2H3,(H2,19,21,22)/t13-/m1/s1. The molecule has 2 rings (SSSR count). The van der Waals surface area contributed by atoms with E-state index in [1.165, 1.54) is 6.07 Å². The molecule has 0 amide bonds. The molecule has 0 saturated carbocycles. The molecule has 0 heterocycles. The second-order valence-electron chi connectivity index (χ2n) is 5.52. The van der Waals surface area contributed by atoms with Gasteiger partial charge in [0.05, 0.1) is 16.5 Å². The van der Waals surface area contributed by atoms with Gasteiger partial charge in [-0.25, -0.2) is 13.6 Å². The zero-order valence-electron chi connectivity index (χ0n) is 13.1. The lowest BCUT2D eigenvalue weighted by Crippen LogP contribution is -2.22. The van der Waals surface area contributed by atoms with Crippen LogP contribution in [-0.4, -0.2) is 20.4 Å². The first-order valence-corrected chi connectivity index (χ1v) is 8.68. The number of rotatable bonds is 5. The Labute approximate surface area is 137 Å². The van der Waals surface area contributed by atoms with Gasteiger partial charge in [0.25, 0.3) is 0 Å². The van der Waals surface area contributed by atoms with Gasteiger partial charge in [-0.3, -0.25) is 4.90 Å². The summed E-state index contributed by atoms with van der Waals surface area (Å²) in [6, 6.07) is 16.2. The van der Waals surface area contributed by atoms with Crippen LogP contribution in [0.2, 0.25) is 0 Å². The highest BCUT2D eigenvalue weighted by atomic mass is 32.2. The van der Waals surface area contributed by atoms with Crippen molar-refractivity contribution in [1.82, 2.24) is 4.90 Å². The molecule has 120 valence electrons. The Balaban J connectivity index is 2.16. The van der Waals surface area contributed by atoms with Crippen molar-refractivity contribution >= 4 is 10.0 Å². The Bertz CT molecular complexity index is 824. The second kappa shape index (κ2) is 6.92. The summed E-state index contributed by atoms with van der Waals surface area (Å²) in [7, 11) is -1.74. The van der Waals surface area contributed by atoms with E-state index in [1.54, 1.807) is 24.3 Å². The van der Waals surface area contributed by atoms with Gasteiger partial charge < -0.3 is 0 Å². The van der Waals surface area contributed by atoms with Gasteiger partial charge in [0.15, 0.2) is 0 Å².